The number of fused-ring (bicyclic) bond motifs is 1. The van der Waals surface area contributed by atoms with Crippen molar-refractivity contribution in [2.75, 3.05) is 19.6 Å². The maximum atomic E-state index is 2.71. The van der Waals surface area contributed by atoms with Crippen LogP contribution in [0.1, 0.15) is 59.9 Å². The van der Waals surface area contributed by atoms with Crippen LogP contribution < -0.4 is 0 Å². The molecule has 1 fully saturated rings. The lowest BCUT2D eigenvalue weighted by Crippen LogP contribution is -2.34. The number of piperidine rings is 1. The van der Waals surface area contributed by atoms with Crippen molar-refractivity contribution >= 4 is 11.3 Å². The molecule has 23 heavy (non-hydrogen) atoms. The predicted molar refractivity (Wildman–Crippen MR) is 99.5 cm³/mol. The molecule has 0 radical (unpaired) electrons. The van der Waals surface area contributed by atoms with E-state index in [2.05, 4.69) is 46.7 Å². The van der Waals surface area contributed by atoms with E-state index >= 15 is 0 Å². The molecule has 1 aromatic carbocycles. The molecule has 1 atom stereocenters. The number of thiophene rings is 1. The standard InChI is InChI=1S/C21H27NS/c1-2-5-17(6-3-1)18-9-13-22(14-10-18)15-11-19-7-4-8-21-20(19)12-16-23-21/h1-3,5-6,12,16,18-19H,4,7-11,13-15H2. The van der Waals surface area contributed by atoms with Crippen LogP contribution in [0.3, 0.4) is 0 Å². The largest absolute Gasteiger partial charge is 0.303 e. The Morgan fingerprint density at radius 1 is 1.00 bits per heavy atom. The Kier molecular flexibility index (Phi) is 4.82. The third kappa shape index (κ3) is 3.54. The van der Waals surface area contributed by atoms with Crippen LogP contribution in [0.5, 0.6) is 0 Å². The van der Waals surface area contributed by atoms with Gasteiger partial charge in [0.1, 0.15) is 0 Å². The van der Waals surface area contributed by atoms with Crippen molar-refractivity contribution in [2.24, 2.45) is 0 Å². The maximum absolute atomic E-state index is 2.71. The molecular formula is C21H27NS. The van der Waals surface area contributed by atoms with Gasteiger partial charge in [0.25, 0.3) is 0 Å². The minimum atomic E-state index is 0.783. The van der Waals surface area contributed by atoms with Crippen molar-refractivity contribution in [1.82, 2.24) is 4.90 Å². The molecule has 1 aliphatic heterocycles. The van der Waals surface area contributed by atoms with Gasteiger partial charge in [-0.3, -0.25) is 0 Å². The van der Waals surface area contributed by atoms with E-state index in [0.29, 0.717) is 0 Å². The zero-order valence-corrected chi connectivity index (χ0v) is 14.7. The fourth-order valence-corrected chi connectivity index (χ4v) is 5.45. The van der Waals surface area contributed by atoms with Gasteiger partial charge in [0, 0.05) is 4.88 Å². The third-order valence-electron chi connectivity index (χ3n) is 5.83. The van der Waals surface area contributed by atoms with Gasteiger partial charge in [0.05, 0.1) is 0 Å². The lowest BCUT2D eigenvalue weighted by atomic mass is 9.85. The van der Waals surface area contributed by atoms with Crippen LogP contribution >= 0.6 is 11.3 Å². The van der Waals surface area contributed by atoms with Gasteiger partial charge in [-0.1, -0.05) is 30.3 Å². The molecule has 122 valence electrons. The van der Waals surface area contributed by atoms with E-state index in [4.69, 9.17) is 0 Å². The minimum absolute atomic E-state index is 0.783. The molecular weight excluding hydrogens is 298 g/mol. The van der Waals surface area contributed by atoms with Crippen LogP contribution in [0.15, 0.2) is 41.8 Å². The second kappa shape index (κ2) is 7.19. The van der Waals surface area contributed by atoms with E-state index in [0.717, 1.165) is 11.8 Å². The molecule has 4 rings (SSSR count). The molecule has 1 aromatic heterocycles. The highest BCUT2D eigenvalue weighted by molar-refractivity contribution is 7.10. The summed E-state index contributed by atoms with van der Waals surface area (Å²) in [6.07, 6.45) is 8.15. The average Bonchev–Trinajstić information content (AvgIpc) is 3.10. The second-order valence-corrected chi connectivity index (χ2v) is 8.20. The highest BCUT2D eigenvalue weighted by atomic mass is 32.1. The summed E-state index contributed by atoms with van der Waals surface area (Å²) in [5.41, 5.74) is 3.22. The van der Waals surface area contributed by atoms with Crippen LogP contribution in [-0.2, 0) is 6.42 Å². The molecule has 2 heteroatoms. The molecule has 0 amide bonds. The van der Waals surface area contributed by atoms with Gasteiger partial charge in [-0.15, -0.1) is 11.3 Å². The SMILES string of the molecule is c1ccc(C2CCN(CCC3CCCc4sccc43)CC2)cc1. The van der Waals surface area contributed by atoms with Crippen molar-refractivity contribution in [1.29, 1.82) is 0 Å². The summed E-state index contributed by atoms with van der Waals surface area (Å²) in [7, 11) is 0. The zero-order chi connectivity index (χ0) is 15.5. The Hall–Kier alpha value is -1.12. The molecule has 2 heterocycles. The highest BCUT2D eigenvalue weighted by Crippen LogP contribution is 2.37. The average molecular weight is 326 g/mol. The van der Waals surface area contributed by atoms with E-state index in [1.54, 1.807) is 16.0 Å². The quantitative estimate of drug-likeness (QED) is 0.723. The molecule has 1 unspecified atom stereocenters. The number of nitrogens with zero attached hydrogens (tertiary/aromatic N) is 1. The summed E-state index contributed by atoms with van der Waals surface area (Å²) in [6.45, 7) is 3.85. The Labute approximate surface area is 144 Å². The molecule has 1 nitrogen and oxygen atoms in total. The molecule has 1 aliphatic carbocycles. The van der Waals surface area contributed by atoms with E-state index in [-0.39, 0.29) is 0 Å². The second-order valence-electron chi connectivity index (χ2n) is 7.20. The lowest BCUT2D eigenvalue weighted by Gasteiger charge is -2.33. The van der Waals surface area contributed by atoms with Gasteiger partial charge in [-0.2, -0.15) is 0 Å². The minimum Gasteiger partial charge on any atom is -0.303 e. The van der Waals surface area contributed by atoms with E-state index in [1.165, 1.54) is 58.2 Å². The zero-order valence-electron chi connectivity index (χ0n) is 13.9. The topological polar surface area (TPSA) is 3.24 Å². The number of hydrogen-bond donors (Lipinski definition) is 0. The predicted octanol–water partition coefficient (Wildman–Crippen LogP) is 5.44. The van der Waals surface area contributed by atoms with Crippen molar-refractivity contribution in [3.8, 4) is 0 Å². The van der Waals surface area contributed by atoms with Crippen LogP contribution in [0.4, 0.5) is 0 Å². The number of likely N-dealkylation sites (tertiary alicyclic amines) is 1. The molecule has 0 bridgehead atoms. The van der Waals surface area contributed by atoms with Gasteiger partial charge in [-0.05, 0) is 92.6 Å². The molecule has 0 saturated carbocycles. The molecule has 0 N–H and O–H groups in total. The van der Waals surface area contributed by atoms with E-state index < -0.39 is 0 Å². The summed E-state index contributed by atoms with van der Waals surface area (Å²) in [5, 5.41) is 2.30. The molecule has 0 spiro atoms. The Balaban J connectivity index is 1.28. The van der Waals surface area contributed by atoms with Crippen molar-refractivity contribution in [3.63, 3.8) is 0 Å². The van der Waals surface area contributed by atoms with Crippen molar-refractivity contribution in [2.45, 2.75) is 50.4 Å². The van der Waals surface area contributed by atoms with Crippen LogP contribution in [0.2, 0.25) is 0 Å². The summed E-state index contributed by atoms with van der Waals surface area (Å²) in [5.74, 6) is 1.61. The normalized spacial score (nSPS) is 22.9. The monoisotopic (exact) mass is 325 g/mol. The van der Waals surface area contributed by atoms with Crippen LogP contribution in [-0.4, -0.2) is 24.5 Å². The Bertz CT molecular complexity index is 610. The number of benzene rings is 1. The number of rotatable bonds is 4. The maximum Gasteiger partial charge on any atom is 0.00800 e. The first-order chi connectivity index (χ1) is 11.4. The molecule has 1 saturated heterocycles. The first-order valence-electron chi connectivity index (χ1n) is 9.24. The van der Waals surface area contributed by atoms with E-state index in [1.807, 2.05) is 11.3 Å². The summed E-state index contributed by atoms with van der Waals surface area (Å²) in [4.78, 5) is 4.38. The summed E-state index contributed by atoms with van der Waals surface area (Å²) >= 11 is 1.97. The first-order valence-corrected chi connectivity index (χ1v) is 10.1. The number of hydrogen-bond acceptors (Lipinski definition) is 2. The van der Waals surface area contributed by atoms with Gasteiger partial charge >= 0.3 is 0 Å². The fourth-order valence-electron chi connectivity index (χ4n) is 4.44. The van der Waals surface area contributed by atoms with Gasteiger partial charge in [0.2, 0.25) is 0 Å². The summed E-state index contributed by atoms with van der Waals surface area (Å²) in [6, 6.07) is 13.5. The van der Waals surface area contributed by atoms with Crippen molar-refractivity contribution < 1.29 is 0 Å². The smallest absolute Gasteiger partial charge is 0.00800 e. The van der Waals surface area contributed by atoms with Gasteiger partial charge in [-0.25, -0.2) is 0 Å². The molecule has 2 aliphatic rings. The summed E-state index contributed by atoms with van der Waals surface area (Å²) < 4.78 is 0. The van der Waals surface area contributed by atoms with Crippen molar-refractivity contribution in [3.05, 3.63) is 57.8 Å². The van der Waals surface area contributed by atoms with E-state index in [9.17, 15) is 0 Å². The first kappa shape index (κ1) is 15.4. The number of aryl methyl sites for hydroxylation is 1. The van der Waals surface area contributed by atoms with Crippen LogP contribution in [0, 0.1) is 0 Å². The molecule has 2 aromatic rings. The van der Waals surface area contributed by atoms with Gasteiger partial charge < -0.3 is 4.90 Å². The van der Waals surface area contributed by atoms with Gasteiger partial charge in [0.15, 0.2) is 0 Å². The highest BCUT2D eigenvalue weighted by Gasteiger charge is 2.24. The third-order valence-corrected chi connectivity index (χ3v) is 6.82. The van der Waals surface area contributed by atoms with Crippen LogP contribution in [0.25, 0.3) is 0 Å². The lowest BCUT2D eigenvalue weighted by molar-refractivity contribution is 0.203. The fraction of sp³-hybridized carbons (Fsp3) is 0.524. The Morgan fingerprint density at radius 2 is 1.83 bits per heavy atom. The Morgan fingerprint density at radius 3 is 2.65 bits per heavy atom.